The molecule has 1 aliphatic heterocycles. The van der Waals surface area contributed by atoms with E-state index in [1.165, 1.54) is 11.3 Å². The van der Waals surface area contributed by atoms with Crippen molar-refractivity contribution < 1.29 is 14.7 Å². The predicted molar refractivity (Wildman–Crippen MR) is 65.4 cm³/mol. The summed E-state index contributed by atoms with van der Waals surface area (Å²) < 4.78 is 0. The molecule has 2 rings (SSSR count). The number of Topliss-reactive ketones (excluding diaryl/α,β-unsaturated/α-hetero) is 1. The molecule has 0 spiro atoms. The molecular formula is C12H15NO3S. The van der Waals surface area contributed by atoms with Gasteiger partial charge in [0.05, 0.1) is 17.3 Å². The molecule has 1 N–H and O–H groups in total. The Bertz CT molecular complexity index is 402. The van der Waals surface area contributed by atoms with E-state index in [1.54, 1.807) is 0 Å². The van der Waals surface area contributed by atoms with Crippen LogP contribution in [0.1, 0.15) is 22.5 Å². The maximum atomic E-state index is 11.9. The van der Waals surface area contributed by atoms with E-state index in [1.807, 2.05) is 22.4 Å². The third kappa shape index (κ3) is 3.14. The third-order valence-electron chi connectivity index (χ3n) is 3.02. The molecule has 2 heterocycles. The molecule has 1 aromatic heterocycles. The average molecular weight is 253 g/mol. The van der Waals surface area contributed by atoms with E-state index < -0.39 is 5.97 Å². The zero-order valence-electron chi connectivity index (χ0n) is 9.46. The highest BCUT2D eigenvalue weighted by molar-refractivity contribution is 7.12. The first kappa shape index (κ1) is 12.3. The summed E-state index contributed by atoms with van der Waals surface area (Å²) in [6.45, 7) is 1.65. The topological polar surface area (TPSA) is 57.6 Å². The fourth-order valence-corrected chi connectivity index (χ4v) is 2.78. The number of carbonyl (C=O) groups is 2. The predicted octanol–water partition coefficient (Wildman–Crippen LogP) is 1.73. The quantitative estimate of drug-likeness (QED) is 0.830. The van der Waals surface area contributed by atoms with E-state index in [-0.39, 0.29) is 11.7 Å². The average Bonchev–Trinajstić information content (AvgIpc) is 2.82. The molecule has 1 aromatic rings. The molecule has 0 aromatic carbocycles. The zero-order valence-corrected chi connectivity index (χ0v) is 10.3. The standard InChI is InChI=1S/C12H15NO3S/c14-10(11-4-2-6-17-11)8-13-5-1-3-9(7-13)12(15)16/h2,4,6,9H,1,3,5,7-8H2,(H,15,16)/t9-/m1/s1. The lowest BCUT2D eigenvalue weighted by atomic mass is 9.98. The second-order valence-electron chi connectivity index (χ2n) is 4.31. The number of likely N-dealkylation sites (tertiary alicyclic amines) is 1. The van der Waals surface area contributed by atoms with Gasteiger partial charge in [-0.3, -0.25) is 14.5 Å². The van der Waals surface area contributed by atoms with Gasteiger partial charge >= 0.3 is 5.97 Å². The van der Waals surface area contributed by atoms with Gasteiger partial charge in [0.25, 0.3) is 0 Å². The molecule has 1 aliphatic rings. The van der Waals surface area contributed by atoms with E-state index in [0.29, 0.717) is 13.1 Å². The lowest BCUT2D eigenvalue weighted by Crippen LogP contribution is -2.41. The van der Waals surface area contributed by atoms with Gasteiger partial charge in [0.15, 0.2) is 5.78 Å². The normalized spacial score (nSPS) is 21.3. The summed E-state index contributed by atoms with van der Waals surface area (Å²) in [7, 11) is 0. The van der Waals surface area contributed by atoms with Gasteiger partial charge in [0.2, 0.25) is 0 Å². The van der Waals surface area contributed by atoms with Crippen molar-refractivity contribution in [1.82, 2.24) is 4.90 Å². The first-order valence-electron chi connectivity index (χ1n) is 5.68. The third-order valence-corrected chi connectivity index (χ3v) is 3.93. The Hall–Kier alpha value is -1.20. The summed E-state index contributed by atoms with van der Waals surface area (Å²) in [5.74, 6) is -0.982. The Balaban J connectivity index is 1.91. The van der Waals surface area contributed by atoms with Gasteiger partial charge in [-0.2, -0.15) is 0 Å². The summed E-state index contributed by atoms with van der Waals surface area (Å²) >= 11 is 1.43. The number of thiophene rings is 1. The van der Waals surface area contributed by atoms with Gasteiger partial charge < -0.3 is 5.11 Å². The number of nitrogens with zero attached hydrogens (tertiary/aromatic N) is 1. The summed E-state index contributed by atoms with van der Waals surface area (Å²) in [6.07, 6.45) is 1.58. The maximum absolute atomic E-state index is 11.9. The highest BCUT2D eigenvalue weighted by Gasteiger charge is 2.26. The van der Waals surface area contributed by atoms with Crippen molar-refractivity contribution in [1.29, 1.82) is 0 Å². The largest absolute Gasteiger partial charge is 0.481 e. The van der Waals surface area contributed by atoms with Gasteiger partial charge in [-0.05, 0) is 30.8 Å². The van der Waals surface area contributed by atoms with Gasteiger partial charge in [-0.15, -0.1) is 11.3 Å². The van der Waals surface area contributed by atoms with Gasteiger partial charge in [-0.25, -0.2) is 0 Å². The van der Waals surface area contributed by atoms with Crippen LogP contribution in [0.5, 0.6) is 0 Å². The zero-order chi connectivity index (χ0) is 12.3. The molecule has 1 fully saturated rings. The summed E-state index contributed by atoms with van der Waals surface area (Å²) in [4.78, 5) is 25.5. The van der Waals surface area contributed by atoms with Crippen molar-refractivity contribution >= 4 is 23.1 Å². The van der Waals surface area contributed by atoms with E-state index >= 15 is 0 Å². The van der Waals surface area contributed by atoms with Crippen LogP contribution in [-0.4, -0.2) is 41.4 Å². The highest BCUT2D eigenvalue weighted by atomic mass is 32.1. The van der Waals surface area contributed by atoms with Crippen LogP contribution in [0.25, 0.3) is 0 Å². The van der Waals surface area contributed by atoms with Crippen molar-refractivity contribution in [2.24, 2.45) is 5.92 Å². The monoisotopic (exact) mass is 253 g/mol. The molecular weight excluding hydrogens is 238 g/mol. The first-order valence-corrected chi connectivity index (χ1v) is 6.56. The summed E-state index contributed by atoms with van der Waals surface area (Å²) in [5.41, 5.74) is 0. The van der Waals surface area contributed by atoms with Crippen molar-refractivity contribution in [3.63, 3.8) is 0 Å². The van der Waals surface area contributed by atoms with Crippen molar-refractivity contribution in [2.45, 2.75) is 12.8 Å². The van der Waals surface area contributed by atoms with E-state index in [9.17, 15) is 9.59 Å². The van der Waals surface area contributed by atoms with E-state index in [2.05, 4.69) is 0 Å². The number of carboxylic acids is 1. The minimum Gasteiger partial charge on any atom is -0.481 e. The Labute approximate surface area is 104 Å². The number of aliphatic carboxylic acids is 1. The van der Waals surface area contributed by atoms with Crippen LogP contribution >= 0.6 is 11.3 Å². The van der Waals surface area contributed by atoms with Crippen LogP contribution < -0.4 is 0 Å². The number of carbonyl (C=O) groups excluding carboxylic acids is 1. The van der Waals surface area contributed by atoms with Crippen LogP contribution in [0.2, 0.25) is 0 Å². The molecule has 0 unspecified atom stereocenters. The molecule has 4 nitrogen and oxygen atoms in total. The van der Waals surface area contributed by atoms with E-state index in [0.717, 1.165) is 24.3 Å². The molecule has 17 heavy (non-hydrogen) atoms. The first-order chi connectivity index (χ1) is 8.16. The van der Waals surface area contributed by atoms with Crippen LogP contribution in [-0.2, 0) is 4.79 Å². The number of hydrogen-bond acceptors (Lipinski definition) is 4. The van der Waals surface area contributed by atoms with E-state index in [4.69, 9.17) is 5.11 Å². The maximum Gasteiger partial charge on any atom is 0.307 e. The molecule has 0 saturated carbocycles. The van der Waals surface area contributed by atoms with Gasteiger partial charge in [0, 0.05) is 6.54 Å². The number of ketones is 1. The number of carboxylic acid groups (broad SMARTS) is 1. The SMILES string of the molecule is O=C(CN1CCC[C@@H](C(=O)O)C1)c1cccs1. The molecule has 0 bridgehead atoms. The van der Waals surface area contributed by atoms with Crippen LogP contribution in [0.3, 0.4) is 0 Å². The summed E-state index contributed by atoms with van der Waals surface area (Å²) in [5, 5.41) is 10.8. The highest BCUT2D eigenvalue weighted by Crippen LogP contribution is 2.18. The van der Waals surface area contributed by atoms with Crippen molar-refractivity contribution in [3.05, 3.63) is 22.4 Å². The number of rotatable bonds is 4. The van der Waals surface area contributed by atoms with Gasteiger partial charge in [0.1, 0.15) is 0 Å². The molecule has 0 aliphatic carbocycles. The minimum atomic E-state index is -0.752. The summed E-state index contributed by atoms with van der Waals surface area (Å²) in [6, 6.07) is 3.67. The van der Waals surface area contributed by atoms with Crippen molar-refractivity contribution in [2.75, 3.05) is 19.6 Å². The van der Waals surface area contributed by atoms with Crippen molar-refractivity contribution in [3.8, 4) is 0 Å². The number of piperidine rings is 1. The van der Waals surface area contributed by atoms with Crippen LogP contribution in [0.15, 0.2) is 17.5 Å². The molecule has 0 radical (unpaired) electrons. The fourth-order valence-electron chi connectivity index (χ4n) is 2.12. The Morgan fingerprint density at radius 3 is 3.00 bits per heavy atom. The molecule has 1 saturated heterocycles. The van der Waals surface area contributed by atoms with Crippen LogP contribution in [0, 0.1) is 5.92 Å². The molecule has 0 amide bonds. The minimum absolute atomic E-state index is 0.0889. The molecule has 1 atom stereocenters. The second-order valence-corrected chi connectivity index (χ2v) is 5.26. The molecule has 92 valence electrons. The lowest BCUT2D eigenvalue weighted by molar-refractivity contribution is -0.143. The Morgan fingerprint density at radius 2 is 2.35 bits per heavy atom. The fraction of sp³-hybridized carbons (Fsp3) is 0.500. The Kier molecular flexibility index (Phi) is 3.91. The lowest BCUT2D eigenvalue weighted by Gasteiger charge is -2.29. The second kappa shape index (κ2) is 5.42. The Morgan fingerprint density at radius 1 is 1.53 bits per heavy atom. The van der Waals surface area contributed by atoms with Gasteiger partial charge in [-0.1, -0.05) is 6.07 Å². The van der Waals surface area contributed by atoms with Crippen LogP contribution in [0.4, 0.5) is 0 Å². The smallest absolute Gasteiger partial charge is 0.307 e. The molecule has 5 heteroatoms. The number of hydrogen-bond donors (Lipinski definition) is 1.